The molecule has 0 saturated heterocycles. The van der Waals surface area contributed by atoms with Crippen LogP contribution in [0.15, 0.2) is 12.2 Å². The van der Waals surface area contributed by atoms with Crippen molar-refractivity contribution < 1.29 is 9.90 Å². The van der Waals surface area contributed by atoms with Gasteiger partial charge in [0.05, 0.1) is 5.92 Å². The highest BCUT2D eigenvalue weighted by Gasteiger charge is 2.37. The van der Waals surface area contributed by atoms with Gasteiger partial charge in [-0.25, -0.2) is 0 Å². The molecule has 0 heterocycles. The maximum atomic E-state index is 10.7. The zero-order valence-electron chi connectivity index (χ0n) is 7.07. The van der Waals surface area contributed by atoms with Gasteiger partial charge in [-0.05, 0) is 37.5 Å². The molecule has 2 heteroatoms. The lowest BCUT2D eigenvalue weighted by atomic mass is 9.86. The molecule has 1 fully saturated rings. The normalized spacial score (nSPS) is 39.5. The zero-order valence-corrected chi connectivity index (χ0v) is 7.07. The fourth-order valence-corrected chi connectivity index (χ4v) is 2.53. The zero-order chi connectivity index (χ0) is 8.55. The molecule has 0 bridgehead atoms. The summed E-state index contributed by atoms with van der Waals surface area (Å²) in [6.45, 7) is 0. The molecule has 1 saturated carbocycles. The molecule has 2 rings (SSSR count). The van der Waals surface area contributed by atoms with Gasteiger partial charge in [0.25, 0.3) is 0 Å². The summed E-state index contributed by atoms with van der Waals surface area (Å²) in [5, 5.41) is 8.84. The van der Waals surface area contributed by atoms with Crippen molar-refractivity contribution in [1.82, 2.24) is 0 Å². The van der Waals surface area contributed by atoms with Crippen LogP contribution in [0.4, 0.5) is 0 Å². The Bertz CT molecular complexity index is 204. The summed E-state index contributed by atoms with van der Waals surface area (Å²) in [5.41, 5.74) is 0. The minimum absolute atomic E-state index is 0.0556. The van der Waals surface area contributed by atoms with Crippen LogP contribution in [0.3, 0.4) is 0 Å². The molecule has 1 N–H and O–H groups in total. The van der Waals surface area contributed by atoms with Gasteiger partial charge in [0.2, 0.25) is 0 Å². The summed E-state index contributed by atoms with van der Waals surface area (Å²) >= 11 is 0. The van der Waals surface area contributed by atoms with Crippen LogP contribution in [0.2, 0.25) is 0 Å². The van der Waals surface area contributed by atoms with Gasteiger partial charge in [-0.3, -0.25) is 4.79 Å². The molecule has 2 aliphatic carbocycles. The predicted molar refractivity (Wildman–Crippen MR) is 45.7 cm³/mol. The second kappa shape index (κ2) is 2.92. The highest BCUT2D eigenvalue weighted by atomic mass is 16.4. The number of carboxylic acid groups (broad SMARTS) is 1. The van der Waals surface area contributed by atoms with Crippen LogP contribution in [0, 0.1) is 17.8 Å². The molecule has 66 valence electrons. The number of carboxylic acids is 1. The van der Waals surface area contributed by atoms with Gasteiger partial charge >= 0.3 is 5.97 Å². The molecule has 0 aliphatic heterocycles. The Morgan fingerprint density at radius 3 is 2.08 bits per heavy atom. The molecule has 2 nitrogen and oxygen atoms in total. The molecule has 0 aromatic heterocycles. The van der Waals surface area contributed by atoms with E-state index in [0.29, 0.717) is 11.8 Å². The first-order chi connectivity index (χ1) is 5.77. The first kappa shape index (κ1) is 7.84. The maximum Gasteiger partial charge on any atom is 0.306 e. The first-order valence-corrected chi connectivity index (χ1v) is 4.65. The van der Waals surface area contributed by atoms with Crippen molar-refractivity contribution in [2.24, 2.45) is 17.8 Å². The molecular formula is C10H14O2. The Balaban J connectivity index is 2.02. The SMILES string of the molecule is O=C(O)C1CC2CC=CCC2C1. The molecule has 0 amide bonds. The number of rotatable bonds is 1. The van der Waals surface area contributed by atoms with Gasteiger partial charge in [-0.1, -0.05) is 12.2 Å². The lowest BCUT2D eigenvalue weighted by molar-refractivity contribution is -0.141. The van der Waals surface area contributed by atoms with Crippen molar-refractivity contribution in [2.45, 2.75) is 25.7 Å². The molecular weight excluding hydrogens is 152 g/mol. The Morgan fingerprint density at radius 2 is 1.67 bits per heavy atom. The fourth-order valence-electron chi connectivity index (χ4n) is 2.53. The number of hydrogen-bond donors (Lipinski definition) is 1. The number of carbonyl (C=O) groups is 1. The number of allylic oxidation sites excluding steroid dienone is 2. The predicted octanol–water partition coefficient (Wildman–Crippen LogP) is 2.06. The topological polar surface area (TPSA) is 37.3 Å². The third-order valence-electron chi connectivity index (χ3n) is 3.23. The van der Waals surface area contributed by atoms with Crippen LogP contribution >= 0.6 is 0 Å². The summed E-state index contributed by atoms with van der Waals surface area (Å²) in [5.74, 6) is 0.677. The van der Waals surface area contributed by atoms with Gasteiger partial charge in [0, 0.05) is 0 Å². The third kappa shape index (κ3) is 1.26. The van der Waals surface area contributed by atoms with Gasteiger partial charge < -0.3 is 5.11 Å². The van der Waals surface area contributed by atoms with E-state index < -0.39 is 5.97 Å². The molecule has 2 aliphatic rings. The van der Waals surface area contributed by atoms with Crippen molar-refractivity contribution in [1.29, 1.82) is 0 Å². The quantitative estimate of drug-likeness (QED) is 0.605. The van der Waals surface area contributed by atoms with Crippen LogP contribution in [-0.4, -0.2) is 11.1 Å². The smallest absolute Gasteiger partial charge is 0.306 e. The Labute approximate surface area is 72.3 Å². The van der Waals surface area contributed by atoms with Crippen molar-refractivity contribution >= 4 is 5.97 Å². The number of hydrogen-bond acceptors (Lipinski definition) is 1. The summed E-state index contributed by atoms with van der Waals surface area (Å²) in [6.07, 6.45) is 8.42. The lowest BCUT2D eigenvalue weighted by Crippen LogP contribution is -2.09. The van der Waals surface area contributed by atoms with E-state index in [-0.39, 0.29) is 5.92 Å². The minimum Gasteiger partial charge on any atom is -0.481 e. The number of fused-ring (bicyclic) bond motifs is 1. The second-order valence-corrected chi connectivity index (χ2v) is 3.97. The highest BCUT2D eigenvalue weighted by Crippen LogP contribution is 2.42. The van der Waals surface area contributed by atoms with E-state index in [1.54, 1.807) is 0 Å². The van der Waals surface area contributed by atoms with Crippen LogP contribution in [0.1, 0.15) is 25.7 Å². The highest BCUT2D eigenvalue weighted by molar-refractivity contribution is 5.70. The Kier molecular flexibility index (Phi) is 1.91. The van der Waals surface area contributed by atoms with Crippen molar-refractivity contribution in [3.05, 3.63) is 12.2 Å². The molecule has 0 spiro atoms. The molecule has 12 heavy (non-hydrogen) atoms. The second-order valence-electron chi connectivity index (χ2n) is 3.97. The van der Waals surface area contributed by atoms with Crippen LogP contribution in [0.25, 0.3) is 0 Å². The molecule has 0 aromatic rings. The maximum absolute atomic E-state index is 10.7. The monoisotopic (exact) mass is 166 g/mol. The lowest BCUT2D eigenvalue weighted by Gasteiger charge is -2.19. The Morgan fingerprint density at radius 1 is 1.17 bits per heavy atom. The van der Waals surface area contributed by atoms with Crippen molar-refractivity contribution in [3.63, 3.8) is 0 Å². The fraction of sp³-hybridized carbons (Fsp3) is 0.700. The van der Waals surface area contributed by atoms with Gasteiger partial charge in [-0.2, -0.15) is 0 Å². The van der Waals surface area contributed by atoms with E-state index in [1.165, 1.54) is 0 Å². The van der Waals surface area contributed by atoms with Crippen molar-refractivity contribution in [3.8, 4) is 0 Å². The van der Waals surface area contributed by atoms with E-state index in [2.05, 4.69) is 12.2 Å². The molecule has 0 aromatic carbocycles. The summed E-state index contributed by atoms with van der Waals surface area (Å²) in [7, 11) is 0. The van der Waals surface area contributed by atoms with E-state index in [4.69, 9.17) is 5.11 Å². The molecule has 2 atom stereocenters. The Hall–Kier alpha value is -0.790. The largest absolute Gasteiger partial charge is 0.481 e. The first-order valence-electron chi connectivity index (χ1n) is 4.65. The van der Waals surface area contributed by atoms with Gasteiger partial charge in [0.15, 0.2) is 0 Å². The van der Waals surface area contributed by atoms with Crippen LogP contribution in [0.5, 0.6) is 0 Å². The van der Waals surface area contributed by atoms with E-state index in [9.17, 15) is 4.79 Å². The summed E-state index contributed by atoms with van der Waals surface area (Å²) in [6, 6.07) is 0. The average Bonchev–Trinajstić information content (AvgIpc) is 2.46. The minimum atomic E-state index is -0.593. The summed E-state index contributed by atoms with van der Waals surface area (Å²) < 4.78 is 0. The molecule has 2 unspecified atom stereocenters. The van der Waals surface area contributed by atoms with E-state index >= 15 is 0 Å². The van der Waals surface area contributed by atoms with Gasteiger partial charge in [-0.15, -0.1) is 0 Å². The summed E-state index contributed by atoms with van der Waals surface area (Å²) in [4.78, 5) is 10.7. The molecule has 0 radical (unpaired) electrons. The number of aliphatic carboxylic acids is 1. The standard InChI is InChI=1S/C10H14O2/c11-10(12)9-5-7-3-1-2-4-8(7)6-9/h1-2,7-9H,3-6H2,(H,11,12). The average molecular weight is 166 g/mol. The van der Waals surface area contributed by atoms with Crippen LogP contribution < -0.4 is 0 Å². The third-order valence-corrected chi connectivity index (χ3v) is 3.23. The van der Waals surface area contributed by atoms with Gasteiger partial charge in [0.1, 0.15) is 0 Å². The van der Waals surface area contributed by atoms with Crippen molar-refractivity contribution in [2.75, 3.05) is 0 Å². The van der Waals surface area contributed by atoms with Crippen LogP contribution in [-0.2, 0) is 4.79 Å². The van der Waals surface area contributed by atoms with E-state index in [0.717, 1.165) is 25.7 Å². The van der Waals surface area contributed by atoms with E-state index in [1.807, 2.05) is 0 Å².